The average molecular weight is 314 g/mol. The Morgan fingerprint density at radius 3 is 2.78 bits per heavy atom. The lowest BCUT2D eigenvalue weighted by Gasteiger charge is -2.20. The molecule has 1 aromatic heterocycles. The maximum Gasteiger partial charge on any atom is 0.273 e. The highest BCUT2D eigenvalue weighted by molar-refractivity contribution is 6.06. The summed E-state index contributed by atoms with van der Waals surface area (Å²) < 4.78 is 1.95. The van der Waals surface area contributed by atoms with Crippen LogP contribution in [0.1, 0.15) is 50.5 Å². The number of hydrogen-bond donors (Lipinski definition) is 1. The summed E-state index contributed by atoms with van der Waals surface area (Å²) in [5, 5.41) is 8.44. The van der Waals surface area contributed by atoms with E-state index in [4.69, 9.17) is 0 Å². The zero-order valence-corrected chi connectivity index (χ0v) is 14.5. The van der Waals surface area contributed by atoms with Crippen molar-refractivity contribution < 1.29 is 4.79 Å². The second-order valence-electron chi connectivity index (χ2n) is 6.36. The van der Waals surface area contributed by atoms with Gasteiger partial charge in [0.2, 0.25) is 0 Å². The first-order valence-corrected chi connectivity index (χ1v) is 8.20. The number of rotatable bonds is 7. The molecule has 5 nitrogen and oxygen atoms in total. The third-order valence-electron chi connectivity index (χ3n) is 3.73. The summed E-state index contributed by atoms with van der Waals surface area (Å²) in [5.41, 5.74) is 0.990. The number of para-hydroxylation sites is 1. The summed E-state index contributed by atoms with van der Waals surface area (Å²) in [6.07, 6.45) is 5.12. The molecule has 1 heterocycles. The van der Waals surface area contributed by atoms with Gasteiger partial charge in [0, 0.05) is 25.2 Å². The lowest BCUT2D eigenvalue weighted by atomic mass is 10.1. The molecule has 0 radical (unpaired) electrons. The molecular weight excluding hydrogens is 288 g/mol. The van der Waals surface area contributed by atoms with Crippen LogP contribution < -0.4 is 5.32 Å². The van der Waals surface area contributed by atoms with Gasteiger partial charge in [0.05, 0.1) is 11.1 Å². The molecule has 0 aliphatic heterocycles. The maximum atomic E-state index is 12.6. The van der Waals surface area contributed by atoms with E-state index in [0.717, 1.165) is 36.7 Å². The van der Waals surface area contributed by atoms with E-state index in [1.54, 1.807) is 13.3 Å². The fraction of sp³-hybridized carbons (Fsp3) is 0.500. The molecule has 23 heavy (non-hydrogen) atoms. The fourth-order valence-electron chi connectivity index (χ4n) is 2.68. The van der Waals surface area contributed by atoms with Gasteiger partial charge in [-0.2, -0.15) is 5.10 Å². The molecule has 1 amide bonds. The van der Waals surface area contributed by atoms with Gasteiger partial charge >= 0.3 is 0 Å². The SMILES string of the molecule is CCCCCn1nc(C(=O)NC(C)(C)C=NC)c2ccccc21. The van der Waals surface area contributed by atoms with Crippen molar-refractivity contribution in [3.05, 3.63) is 30.0 Å². The van der Waals surface area contributed by atoms with Gasteiger partial charge < -0.3 is 5.32 Å². The first-order chi connectivity index (χ1) is 11.0. The molecule has 0 saturated heterocycles. The number of carbonyl (C=O) groups excluding carboxylic acids is 1. The topological polar surface area (TPSA) is 59.3 Å². The van der Waals surface area contributed by atoms with Gasteiger partial charge in [-0.25, -0.2) is 0 Å². The number of aromatic nitrogens is 2. The molecule has 0 unspecified atom stereocenters. The van der Waals surface area contributed by atoms with Gasteiger partial charge in [0.25, 0.3) is 5.91 Å². The van der Waals surface area contributed by atoms with Crippen LogP contribution in [0.4, 0.5) is 0 Å². The third-order valence-corrected chi connectivity index (χ3v) is 3.73. The van der Waals surface area contributed by atoms with Gasteiger partial charge in [0.1, 0.15) is 0 Å². The van der Waals surface area contributed by atoms with Crippen molar-refractivity contribution in [3.63, 3.8) is 0 Å². The van der Waals surface area contributed by atoms with Crippen molar-refractivity contribution in [2.24, 2.45) is 4.99 Å². The van der Waals surface area contributed by atoms with Crippen LogP contribution in [0.15, 0.2) is 29.3 Å². The van der Waals surface area contributed by atoms with Crippen molar-refractivity contribution in [1.82, 2.24) is 15.1 Å². The minimum Gasteiger partial charge on any atom is -0.341 e. The lowest BCUT2D eigenvalue weighted by molar-refractivity contribution is 0.0928. The van der Waals surface area contributed by atoms with Crippen molar-refractivity contribution in [2.75, 3.05) is 7.05 Å². The summed E-state index contributed by atoms with van der Waals surface area (Å²) in [7, 11) is 1.70. The Morgan fingerprint density at radius 2 is 2.09 bits per heavy atom. The standard InChI is InChI=1S/C18H26N4O/c1-5-6-9-12-22-15-11-8-7-10-14(15)16(21-22)17(23)20-18(2,3)13-19-4/h7-8,10-11,13H,5-6,9,12H2,1-4H3,(H,20,23). The van der Waals surface area contributed by atoms with E-state index >= 15 is 0 Å². The van der Waals surface area contributed by atoms with Crippen LogP contribution in [-0.4, -0.2) is 34.5 Å². The summed E-state index contributed by atoms with van der Waals surface area (Å²) in [5.74, 6) is -0.166. The average Bonchev–Trinajstić information content (AvgIpc) is 2.86. The molecule has 124 valence electrons. The monoisotopic (exact) mass is 314 g/mol. The minimum atomic E-state index is -0.501. The molecule has 2 rings (SSSR count). The molecule has 0 saturated carbocycles. The number of benzene rings is 1. The zero-order valence-electron chi connectivity index (χ0n) is 14.5. The van der Waals surface area contributed by atoms with E-state index in [0.29, 0.717) is 5.69 Å². The Morgan fingerprint density at radius 1 is 1.35 bits per heavy atom. The smallest absolute Gasteiger partial charge is 0.273 e. The van der Waals surface area contributed by atoms with Gasteiger partial charge in [-0.3, -0.25) is 14.5 Å². The highest BCUT2D eigenvalue weighted by atomic mass is 16.2. The highest BCUT2D eigenvalue weighted by Gasteiger charge is 2.23. The molecule has 0 aliphatic rings. The first-order valence-electron chi connectivity index (χ1n) is 8.20. The van der Waals surface area contributed by atoms with Gasteiger partial charge in [-0.05, 0) is 26.3 Å². The summed E-state index contributed by atoms with van der Waals surface area (Å²) >= 11 is 0. The number of carbonyl (C=O) groups is 1. The molecule has 1 N–H and O–H groups in total. The van der Waals surface area contributed by atoms with Crippen molar-refractivity contribution in [3.8, 4) is 0 Å². The summed E-state index contributed by atoms with van der Waals surface area (Å²) in [4.78, 5) is 16.6. The van der Waals surface area contributed by atoms with E-state index in [2.05, 4.69) is 22.3 Å². The van der Waals surface area contributed by atoms with Crippen LogP contribution in [0.3, 0.4) is 0 Å². The number of hydrogen-bond acceptors (Lipinski definition) is 3. The van der Waals surface area contributed by atoms with E-state index in [9.17, 15) is 4.79 Å². The van der Waals surface area contributed by atoms with Gasteiger partial charge in [-0.1, -0.05) is 38.0 Å². The molecule has 0 fully saturated rings. The predicted octanol–water partition coefficient (Wildman–Crippen LogP) is 3.44. The zero-order chi connectivity index (χ0) is 16.9. The van der Waals surface area contributed by atoms with Crippen LogP contribution >= 0.6 is 0 Å². The van der Waals surface area contributed by atoms with E-state index in [-0.39, 0.29) is 5.91 Å². The van der Waals surface area contributed by atoms with Crippen LogP contribution in [0.25, 0.3) is 10.9 Å². The van der Waals surface area contributed by atoms with Crippen LogP contribution in [0.2, 0.25) is 0 Å². The quantitative estimate of drug-likeness (QED) is 0.628. The number of nitrogens with one attached hydrogen (secondary N) is 1. The second kappa shape index (κ2) is 7.40. The maximum absolute atomic E-state index is 12.6. The van der Waals surface area contributed by atoms with E-state index in [1.165, 1.54) is 0 Å². The number of amides is 1. The molecule has 0 bridgehead atoms. The normalized spacial score (nSPS) is 12.2. The Balaban J connectivity index is 2.31. The molecule has 2 aromatic rings. The van der Waals surface area contributed by atoms with Crippen molar-refractivity contribution in [1.29, 1.82) is 0 Å². The number of aliphatic imine (C=N–C) groups is 1. The molecule has 0 aliphatic carbocycles. The number of unbranched alkanes of at least 4 members (excludes halogenated alkanes) is 2. The Hall–Kier alpha value is -2.17. The number of nitrogens with zero attached hydrogens (tertiary/aromatic N) is 3. The molecular formula is C18H26N4O. The lowest BCUT2D eigenvalue weighted by Crippen LogP contribution is -2.45. The third kappa shape index (κ3) is 4.18. The highest BCUT2D eigenvalue weighted by Crippen LogP contribution is 2.19. The van der Waals surface area contributed by atoms with E-state index < -0.39 is 5.54 Å². The van der Waals surface area contributed by atoms with Crippen LogP contribution in [0.5, 0.6) is 0 Å². The fourth-order valence-corrected chi connectivity index (χ4v) is 2.68. The number of fused-ring (bicyclic) bond motifs is 1. The Bertz CT molecular complexity index is 700. The van der Waals surface area contributed by atoms with Crippen LogP contribution in [0, 0.1) is 0 Å². The van der Waals surface area contributed by atoms with Gasteiger partial charge in [-0.15, -0.1) is 0 Å². The van der Waals surface area contributed by atoms with Gasteiger partial charge in [0.15, 0.2) is 5.69 Å². The largest absolute Gasteiger partial charge is 0.341 e. The first kappa shape index (κ1) is 17.2. The predicted molar refractivity (Wildman–Crippen MR) is 95.2 cm³/mol. The van der Waals surface area contributed by atoms with Crippen molar-refractivity contribution >= 4 is 23.0 Å². The Kier molecular flexibility index (Phi) is 5.53. The molecule has 1 aromatic carbocycles. The molecule has 0 spiro atoms. The summed E-state index contributed by atoms with van der Waals surface area (Å²) in [6.45, 7) is 6.84. The van der Waals surface area contributed by atoms with Crippen molar-refractivity contribution in [2.45, 2.75) is 52.1 Å². The minimum absolute atomic E-state index is 0.166. The molecule has 5 heteroatoms. The van der Waals surface area contributed by atoms with Crippen LogP contribution in [-0.2, 0) is 6.54 Å². The van der Waals surface area contributed by atoms with E-state index in [1.807, 2.05) is 42.8 Å². The number of aryl methyl sites for hydroxylation is 1. The Labute approximate surface area is 137 Å². The summed E-state index contributed by atoms with van der Waals surface area (Å²) in [6, 6.07) is 7.89. The molecule has 0 atom stereocenters. The second-order valence-corrected chi connectivity index (χ2v) is 6.36.